The average molecular weight is 391 g/mol. The molecule has 2 rings (SSSR count). The molecule has 0 aliphatic heterocycles. The van der Waals surface area contributed by atoms with E-state index in [1.807, 2.05) is 0 Å². The van der Waals surface area contributed by atoms with E-state index in [-0.39, 0.29) is 17.3 Å². The van der Waals surface area contributed by atoms with Crippen LogP contribution >= 0.6 is 15.9 Å². The molecule has 0 radical (unpaired) electrons. The Hall–Kier alpha value is -1.47. The van der Waals surface area contributed by atoms with Crippen molar-refractivity contribution in [2.75, 3.05) is 5.75 Å². The lowest BCUT2D eigenvalue weighted by Gasteiger charge is -2.10. The van der Waals surface area contributed by atoms with Crippen LogP contribution in [0.25, 0.3) is 0 Å². The van der Waals surface area contributed by atoms with Crippen LogP contribution < -0.4 is 4.74 Å². The number of ether oxygens (including phenoxy) is 1. The maximum Gasteiger partial charge on any atom is 0.168 e. The third kappa shape index (κ3) is 4.27. The van der Waals surface area contributed by atoms with Crippen molar-refractivity contribution < 1.29 is 21.9 Å². The Kier molecular flexibility index (Phi) is 5.18. The van der Waals surface area contributed by atoms with Gasteiger partial charge in [-0.2, -0.15) is 0 Å². The van der Waals surface area contributed by atoms with E-state index in [4.69, 9.17) is 4.74 Å². The van der Waals surface area contributed by atoms with Crippen LogP contribution in [0, 0.1) is 11.6 Å². The number of halogens is 3. The van der Waals surface area contributed by atoms with Crippen molar-refractivity contribution in [3.05, 3.63) is 58.1 Å². The summed E-state index contributed by atoms with van der Waals surface area (Å²) < 4.78 is 55.5. The lowest BCUT2D eigenvalue weighted by molar-refractivity contribution is 0.435. The van der Waals surface area contributed by atoms with Crippen molar-refractivity contribution in [3.63, 3.8) is 0 Å². The number of hydrogen-bond acceptors (Lipinski definition) is 3. The molecule has 2 aromatic carbocycles. The number of hydrogen-bond donors (Lipinski definition) is 0. The Balaban J connectivity index is 2.23. The maximum atomic E-state index is 13.6. The van der Waals surface area contributed by atoms with E-state index < -0.39 is 21.5 Å². The van der Waals surface area contributed by atoms with Crippen molar-refractivity contribution in [3.8, 4) is 11.5 Å². The van der Waals surface area contributed by atoms with Gasteiger partial charge in [0.25, 0.3) is 0 Å². The molecule has 0 aliphatic rings. The molecule has 22 heavy (non-hydrogen) atoms. The first-order chi connectivity index (χ1) is 10.3. The van der Waals surface area contributed by atoms with E-state index in [1.165, 1.54) is 12.1 Å². The molecule has 0 N–H and O–H groups in total. The van der Waals surface area contributed by atoms with Crippen molar-refractivity contribution in [2.24, 2.45) is 0 Å². The highest BCUT2D eigenvalue weighted by molar-refractivity contribution is 9.10. The molecule has 0 aliphatic carbocycles. The van der Waals surface area contributed by atoms with Crippen LogP contribution in [0.5, 0.6) is 11.5 Å². The second kappa shape index (κ2) is 6.75. The molecule has 0 heterocycles. The monoisotopic (exact) mass is 390 g/mol. The van der Waals surface area contributed by atoms with Crippen molar-refractivity contribution in [1.82, 2.24) is 0 Å². The molecule has 118 valence electrons. The van der Waals surface area contributed by atoms with Crippen molar-refractivity contribution >= 4 is 25.8 Å². The van der Waals surface area contributed by atoms with Gasteiger partial charge in [-0.05, 0) is 45.8 Å². The summed E-state index contributed by atoms with van der Waals surface area (Å²) in [5, 5.41) is 0. The zero-order valence-electron chi connectivity index (χ0n) is 11.6. The zero-order chi connectivity index (χ0) is 16.3. The van der Waals surface area contributed by atoms with Gasteiger partial charge in [-0.25, -0.2) is 17.2 Å². The van der Waals surface area contributed by atoms with Crippen LogP contribution in [-0.4, -0.2) is 14.2 Å². The molecule has 0 unspecified atom stereocenters. The highest BCUT2D eigenvalue weighted by Gasteiger charge is 2.12. The first kappa shape index (κ1) is 16.9. The topological polar surface area (TPSA) is 43.4 Å². The van der Waals surface area contributed by atoms with Gasteiger partial charge in [0, 0.05) is 11.8 Å². The SMILES string of the molecule is CCS(=O)(=O)Cc1ccc(Oc2ccc(F)cc2F)c(Br)c1. The lowest BCUT2D eigenvalue weighted by atomic mass is 10.2. The molecule has 0 bridgehead atoms. The van der Waals surface area contributed by atoms with Crippen LogP contribution in [0.4, 0.5) is 8.78 Å². The third-order valence-corrected chi connectivity index (χ3v) is 5.21. The van der Waals surface area contributed by atoms with Gasteiger partial charge in [-0.3, -0.25) is 0 Å². The number of benzene rings is 2. The summed E-state index contributed by atoms with van der Waals surface area (Å²) in [5.74, 6) is -1.33. The van der Waals surface area contributed by atoms with Crippen LogP contribution in [0.15, 0.2) is 40.9 Å². The van der Waals surface area contributed by atoms with Gasteiger partial charge in [-0.1, -0.05) is 13.0 Å². The average Bonchev–Trinajstić information content (AvgIpc) is 2.44. The summed E-state index contributed by atoms with van der Waals surface area (Å²) >= 11 is 3.26. The Bertz CT molecular complexity index is 791. The first-order valence-electron chi connectivity index (χ1n) is 6.42. The Morgan fingerprint density at radius 3 is 2.36 bits per heavy atom. The maximum absolute atomic E-state index is 13.6. The minimum Gasteiger partial charge on any atom is -0.453 e. The molecule has 0 amide bonds. The molecule has 7 heteroatoms. The van der Waals surface area contributed by atoms with Gasteiger partial charge in [-0.15, -0.1) is 0 Å². The fourth-order valence-corrected chi connectivity index (χ4v) is 3.15. The molecule has 0 spiro atoms. The lowest BCUT2D eigenvalue weighted by Crippen LogP contribution is -2.06. The first-order valence-corrected chi connectivity index (χ1v) is 9.04. The highest BCUT2D eigenvalue weighted by Crippen LogP contribution is 2.32. The highest BCUT2D eigenvalue weighted by atomic mass is 79.9. The van der Waals surface area contributed by atoms with Crippen molar-refractivity contribution in [1.29, 1.82) is 0 Å². The summed E-state index contributed by atoms with van der Waals surface area (Å²) in [6, 6.07) is 7.73. The van der Waals surface area contributed by atoms with E-state index in [1.54, 1.807) is 19.1 Å². The van der Waals surface area contributed by atoms with Crippen LogP contribution in [0.1, 0.15) is 12.5 Å². The Morgan fingerprint density at radius 2 is 1.77 bits per heavy atom. The van der Waals surface area contributed by atoms with Crippen LogP contribution in [0.2, 0.25) is 0 Å². The fourth-order valence-electron chi connectivity index (χ4n) is 1.75. The normalized spacial score (nSPS) is 11.5. The van der Waals surface area contributed by atoms with E-state index in [0.29, 0.717) is 15.8 Å². The molecule has 0 saturated heterocycles. The smallest absolute Gasteiger partial charge is 0.168 e. The summed E-state index contributed by atoms with van der Waals surface area (Å²) in [7, 11) is -3.14. The van der Waals surface area contributed by atoms with E-state index >= 15 is 0 Å². The molecule has 2 aromatic rings. The molecule has 0 fully saturated rings. The molecular weight excluding hydrogens is 378 g/mol. The van der Waals surface area contributed by atoms with Gasteiger partial charge in [0.2, 0.25) is 0 Å². The third-order valence-electron chi connectivity index (χ3n) is 2.94. The van der Waals surface area contributed by atoms with E-state index in [0.717, 1.165) is 12.1 Å². The predicted octanol–water partition coefficient (Wildman–Crippen LogP) is 4.45. The van der Waals surface area contributed by atoms with Gasteiger partial charge in [0.15, 0.2) is 21.4 Å². The zero-order valence-corrected chi connectivity index (χ0v) is 14.0. The second-order valence-corrected chi connectivity index (χ2v) is 7.83. The van der Waals surface area contributed by atoms with Gasteiger partial charge >= 0.3 is 0 Å². The summed E-state index contributed by atoms with van der Waals surface area (Å²) in [6.45, 7) is 1.58. The largest absolute Gasteiger partial charge is 0.453 e. The second-order valence-electron chi connectivity index (χ2n) is 4.62. The van der Waals surface area contributed by atoms with Gasteiger partial charge in [0.1, 0.15) is 11.6 Å². The fraction of sp³-hybridized carbons (Fsp3) is 0.200. The van der Waals surface area contributed by atoms with E-state index in [2.05, 4.69) is 15.9 Å². The minimum atomic E-state index is -3.14. The van der Waals surface area contributed by atoms with Crippen LogP contribution in [0.3, 0.4) is 0 Å². The molecular formula is C15H13BrF2O3S. The quantitative estimate of drug-likeness (QED) is 0.756. The number of rotatable bonds is 5. The summed E-state index contributed by atoms with van der Waals surface area (Å²) in [5.41, 5.74) is 0.598. The van der Waals surface area contributed by atoms with Crippen molar-refractivity contribution in [2.45, 2.75) is 12.7 Å². The summed E-state index contributed by atoms with van der Waals surface area (Å²) in [4.78, 5) is 0. The predicted molar refractivity (Wildman–Crippen MR) is 83.7 cm³/mol. The molecule has 0 saturated carbocycles. The molecule has 0 aromatic heterocycles. The molecule has 0 atom stereocenters. The van der Waals surface area contributed by atoms with Crippen LogP contribution in [-0.2, 0) is 15.6 Å². The van der Waals surface area contributed by atoms with E-state index in [9.17, 15) is 17.2 Å². The minimum absolute atomic E-state index is 0.0592. The summed E-state index contributed by atoms with van der Waals surface area (Å²) in [6.07, 6.45) is 0. The number of sulfone groups is 1. The Labute approximate surface area is 136 Å². The molecule has 3 nitrogen and oxygen atoms in total. The standard InChI is InChI=1S/C15H13BrF2O3S/c1-2-22(19,20)9-10-3-5-14(12(16)7-10)21-15-6-4-11(17)8-13(15)18/h3-8H,2,9H2,1H3. The van der Waals surface area contributed by atoms with Gasteiger partial charge < -0.3 is 4.74 Å². The Morgan fingerprint density at radius 1 is 1.09 bits per heavy atom. The van der Waals surface area contributed by atoms with Gasteiger partial charge in [0.05, 0.1) is 10.2 Å².